The summed E-state index contributed by atoms with van der Waals surface area (Å²) in [5.74, 6) is -1.63. The molecule has 1 aliphatic rings. The predicted molar refractivity (Wildman–Crippen MR) is 62.1 cm³/mol. The number of carbonyl (C=O) groups is 1. The fourth-order valence-electron chi connectivity index (χ4n) is 2.18. The zero-order chi connectivity index (χ0) is 13.1. The molecule has 98 valence electrons. The van der Waals surface area contributed by atoms with E-state index in [4.69, 9.17) is 5.11 Å². The molecule has 1 fully saturated rings. The minimum absolute atomic E-state index is 0.0370. The first-order valence-electron chi connectivity index (χ1n) is 5.96. The van der Waals surface area contributed by atoms with Crippen LogP contribution in [0, 0.1) is 17.6 Å². The number of aliphatic hydroxyl groups excluding tert-OH is 1. The van der Waals surface area contributed by atoms with Gasteiger partial charge in [0, 0.05) is 31.3 Å². The highest BCUT2D eigenvalue weighted by atomic mass is 19.1. The molecule has 1 N–H and O–H groups in total. The fourth-order valence-corrected chi connectivity index (χ4v) is 2.18. The summed E-state index contributed by atoms with van der Waals surface area (Å²) in [7, 11) is 0. The lowest BCUT2D eigenvalue weighted by atomic mass is 9.97. The van der Waals surface area contributed by atoms with Crippen molar-refractivity contribution in [2.75, 3.05) is 19.7 Å². The molecule has 0 radical (unpaired) electrons. The molecule has 1 amide bonds. The van der Waals surface area contributed by atoms with E-state index in [2.05, 4.69) is 0 Å². The molecular weight excluding hydrogens is 240 g/mol. The Balaban J connectivity index is 2.07. The van der Waals surface area contributed by atoms with Crippen molar-refractivity contribution < 1.29 is 18.7 Å². The van der Waals surface area contributed by atoms with Gasteiger partial charge in [-0.25, -0.2) is 8.78 Å². The molecule has 0 atom stereocenters. The summed E-state index contributed by atoms with van der Waals surface area (Å²) in [5.41, 5.74) is 0.0370. The molecule has 1 heterocycles. The van der Waals surface area contributed by atoms with Crippen LogP contribution in [0.15, 0.2) is 18.2 Å². The van der Waals surface area contributed by atoms with E-state index in [1.807, 2.05) is 0 Å². The van der Waals surface area contributed by atoms with E-state index in [1.54, 1.807) is 4.90 Å². The Kier molecular flexibility index (Phi) is 3.91. The van der Waals surface area contributed by atoms with Gasteiger partial charge in [-0.3, -0.25) is 4.79 Å². The number of rotatable bonds is 2. The molecule has 0 unspecified atom stereocenters. The van der Waals surface area contributed by atoms with Crippen molar-refractivity contribution in [3.63, 3.8) is 0 Å². The third-order valence-corrected chi connectivity index (χ3v) is 3.27. The Morgan fingerprint density at radius 1 is 1.22 bits per heavy atom. The van der Waals surface area contributed by atoms with E-state index >= 15 is 0 Å². The van der Waals surface area contributed by atoms with Crippen molar-refractivity contribution in [3.8, 4) is 0 Å². The monoisotopic (exact) mass is 255 g/mol. The van der Waals surface area contributed by atoms with Gasteiger partial charge in [0.2, 0.25) is 0 Å². The summed E-state index contributed by atoms with van der Waals surface area (Å²) < 4.78 is 26.1. The predicted octanol–water partition coefficient (Wildman–Crippen LogP) is 1.81. The summed E-state index contributed by atoms with van der Waals surface area (Å²) in [4.78, 5) is 13.6. The molecule has 1 aromatic carbocycles. The molecule has 18 heavy (non-hydrogen) atoms. The Hall–Kier alpha value is -1.49. The summed E-state index contributed by atoms with van der Waals surface area (Å²) in [6, 6.07) is 2.84. The molecule has 1 aromatic rings. The zero-order valence-electron chi connectivity index (χ0n) is 9.90. The SMILES string of the molecule is O=C(c1cc(F)cc(F)c1)N1CCC(CO)CC1. The van der Waals surface area contributed by atoms with Gasteiger partial charge in [-0.2, -0.15) is 0 Å². The maximum atomic E-state index is 13.0. The number of piperidine rings is 1. The average Bonchev–Trinajstić information content (AvgIpc) is 2.37. The minimum Gasteiger partial charge on any atom is -0.396 e. The summed E-state index contributed by atoms with van der Waals surface area (Å²) in [6.07, 6.45) is 1.44. The first-order valence-corrected chi connectivity index (χ1v) is 5.96. The van der Waals surface area contributed by atoms with Gasteiger partial charge in [0.15, 0.2) is 0 Å². The second kappa shape index (κ2) is 5.44. The molecule has 0 bridgehead atoms. The summed E-state index contributed by atoms with van der Waals surface area (Å²) in [6.45, 7) is 1.15. The maximum Gasteiger partial charge on any atom is 0.254 e. The summed E-state index contributed by atoms with van der Waals surface area (Å²) >= 11 is 0. The topological polar surface area (TPSA) is 40.5 Å². The van der Waals surface area contributed by atoms with E-state index in [0.717, 1.165) is 31.0 Å². The normalized spacial score (nSPS) is 16.9. The number of hydrogen-bond acceptors (Lipinski definition) is 2. The van der Waals surface area contributed by atoms with Crippen LogP contribution in [0.5, 0.6) is 0 Å². The standard InChI is InChI=1S/C13H15F2NO2/c14-11-5-10(6-12(15)7-11)13(18)16-3-1-9(8-17)2-4-16/h5-7,9,17H,1-4,8H2. The van der Waals surface area contributed by atoms with E-state index in [1.165, 1.54) is 0 Å². The van der Waals surface area contributed by atoms with Gasteiger partial charge in [0.25, 0.3) is 5.91 Å². The van der Waals surface area contributed by atoms with Crippen molar-refractivity contribution in [3.05, 3.63) is 35.4 Å². The molecule has 2 rings (SSSR count). The molecule has 0 spiro atoms. The molecule has 0 aliphatic carbocycles. The van der Waals surface area contributed by atoms with Crippen LogP contribution in [0.2, 0.25) is 0 Å². The van der Waals surface area contributed by atoms with Crippen LogP contribution in [-0.2, 0) is 0 Å². The molecule has 1 aliphatic heterocycles. The van der Waals surface area contributed by atoms with Crippen molar-refractivity contribution >= 4 is 5.91 Å². The van der Waals surface area contributed by atoms with Crippen molar-refractivity contribution in [1.82, 2.24) is 4.90 Å². The molecular formula is C13H15F2NO2. The number of likely N-dealkylation sites (tertiary alicyclic amines) is 1. The van der Waals surface area contributed by atoms with Crippen molar-refractivity contribution in [2.24, 2.45) is 5.92 Å². The molecule has 0 saturated carbocycles. The molecule has 3 nitrogen and oxygen atoms in total. The van der Waals surface area contributed by atoms with Gasteiger partial charge in [-0.15, -0.1) is 0 Å². The Morgan fingerprint density at radius 3 is 2.28 bits per heavy atom. The maximum absolute atomic E-state index is 13.0. The molecule has 0 aromatic heterocycles. The Bertz CT molecular complexity index is 422. The van der Waals surface area contributed by atoms with E-state index in [9.17, 15) is 13.6 Å². The molecule has 5 heteroatoms. The number of halogens is 2. The van der Waals surface area contributed by atoms with Gasteiger partial charge >= 0.3 is 0 Å². The fraction of sp³-hybridized carbons (Fsp3) is 0.462. The largest absolute Gasteiger partial charge is 0.396 e. The molecule has 1 saturated heterocycles. The van der Waals surface area contributed by atoms with E-state index in [0.29, 0.717) is 13.1 Å². The first kappa shape index (κ1) is 13.0. The van der Waals surface area contributed by atoms with Gasteiger partial charge in [0.1, 0.15) is 11.6 Å². The van der Waals surface area contributed by atoms with E-state index < -0.39 is 11.6 Å². The quantitative estimate of drug-likeness (QED) is 0.875. The van der Waals surface area contributed by atoms with Crippen molar-refractivity contribution in [1.29, 1.82) is 0 Å². The highest BCUT2D eigenvalue weighted by Crippen LogP contribution is 2.19. The lowest BCUT2D eigenvalue weighted by molar-refractivity contribution is 0.0650. The third kappa shape index (κ3) is 2.85. The first-order chi connectivity index (χ1) is 8.60. The zero-order valence-corrected chi connectivity index (χ0v) is 9.90. The number of nitrogens with zero attached hydrogens (tertiary/aromatic N) is 1. The van der Waals surface area contributed by atoms with Crippen LogP contribution in [0.3, 0.4) is 0 Å². The number of amides is 1. The number of carbonyl (C=O) groups excluding carboxylic acids is 1. The lowest BCUT2D eigenvalue weighted by Gasteiger charge is -2.31. The van der Waals surface area contributed by atoms with Crippen LogP contribution in [-0.4, -0.2) is 35.6 Å². The Morgan fingerprint density at radius 2 is 1.78 bits per heavy atom. The van der Waals surface area contributed by atoms with Crippen LogP contribution >= 0.6 is 0 Å². The average molecular weight is 255 g/mol. The highest BCUT2D eigenvalue weighted by Gasteiger charge is 2.23. The van der Waals surface area contributed by atoms with Crippen LogP contribution in [0.25, 0.3) is 0 Å². The lowest BCUT2D eigenvalue weighted by Crippen LogP contribution is -2.39. The van der Waals surface area contributed by atoms with Gasteiger partial charge in [0.05, 0.1) is 0 Å². The smallest absolute Gasteiger partial charge is 0.254 e. The Labute approximate surface area is 104 Å². The van der Waals surface area contributed by atoms with E-state index in [-0.39, 0.29) is 24.0 Å². The minimum atomic E-state index is -0.747. The van der Waals surface area contributed by atoms with Gasteiger partial charge < -0.3 is 10.0 Å². The van der Waals surface area contributed by atoms with Gasteiger partial charge in [-0.1, -0.05) is 0 Å². The van der Waals surface area contributed by atoms with Crippen LogP contribution in [0.4, 0.5) is 8.78 Å². The summed E-state index contributed by atoms with van der Waals surface area (Å²) in [5, 5.41) is 9.00. The number of aliphatic hydroxyl groups is 1. The van der Waals surface area contributed by atoms with Crippen molar-refractivity contribution in [2.45, 2.75) is 12.8 Å². The number of hydrogen-bond donors (Lipinski definition) is 1. The second-order valence-electron chi connectivity index (χ2n) is 4.58. The highest BCUT2D eigenvalue weighted by molar-refractivity contribution is 5.94. The second-order valence-corrected chi connectivity index (χ2v) is 4.58. The third-order valence-electron chi connectivity index (χ3n) is 3.27. The number of benzene rings is 1. The van der Waals surface area contributed by atoms with Gasteiger partial charge in [-0.05, 0) is 30.9 Å². The van der Waals surface area contributed by atoms with Crippen LogP contribution < -0.4 is 0 Å². The van der Waals surface area contributed by atoms with Crippen LogP contribution in [0.1, 0.15) is 23.2 Å².